The third-order valence-electron chi connectivity index (χ3n) is 2.27. The molecule has 0 aromatic heterocycles. The molecule has 0 aliphatic carbocycles. The number of rotatable bonds is 2. The second kappa shape index (κ2) is 4.59. The summed E-state index contributed by atoms with van der Waals surface area (Å²) < 4.78 is 10.7. The average molecular weight is 231 g/mol. The summed E-state index contributed by atoms with van der Waals surface area (Å²) in [5.74, 6) is 0. The second-order valence-electron chi connectivity index (χ2n) is 5.32. The fraction of sp³-hybridized carbons (Fsp3) is 0.909. The lowest BCUT2D eigenvalue weighted by Gasteiger charge is -2.46. The molecule has 0 spiro atoms. The molecule has 1 amide bonds. The molecular formula is C11H21NO4. The standard InChI is InChI=1S/C11H21NO4/c1-10(2)7-12(8-11(3,4)16-10)9(14)15-6-5-13/h13H,5-8H2,1-4H3. The smallest absolute Gasteiger partial charge is 0.410 e. The molecule has 1 heterocycles. The quantitative estimate of drug-likeness (QED) is 0.770. The average Bonchev–Trinajstić information content (AvgIpc) is 2.09. The normalized spacial score (nSPS) is 22.9. The number of ether oxygens (including phenoxy) is 2. The zero-order valence-corrected chi connectivity index (χ0v) is 10.4. The van der Waals surface area contributed by atoms with Crippen molar-refractivity contribution in [2.45, 2.75) is 38.9 Å². The molecule has 0 unspecified atom stereocenters. The molecule has 1 aliphatic heterocycles. The molecule has 94 valence electrons. The van der Waals surface area contributed by atoms with Crippen LogP contribution < -0.4 is 0 Å². The summed E-state index contributed by atoms with van der Waals surface area (Å²) in [7, 11) is 0. The lowest BCUT2D eigenvalue weighted by molar-refractivity contribution is -0.174. The molecule has 1 saturated heterocycles. The van der Waals surface area contributed by atoms with Gasteiger partial charge >= 0.3 is 6.09 Å². The third kappa shape index (κ3) is 3.64. The van der Waals surface area contributed by atoms with Gasteiger partial charge in [0.15, 0.2) is 0 Å². The van der Waals surface area contributed by atoms with Crippen molar-refractivity contribution in [2.75, 3.05) is 26.3 Å². The van der Waals surface area contributed by atoms with Crippen molar-refractivity contribution in [2.24, 2.45) is 0 Å². The Bertz CT molecular complexity index is 247. The van der Waals surface area contributed by atoms with Gasteiger partial charge in [0.05, 0.1) is 30.9 Å². The molecule has 0 radical (unpaired) electrons. The molecule has 0 atom stereocenters. The predicted molar refractivity (Wildman–Crippen MR) is 59.2 cm³/mol. The molecule has 16 heavy (non-hydrogen) atoms. The van der Waals surface area contributed by atoms with Gasteiger partial charge in [-0.05, 0) is 27.7 Å². The van der Waals surface area contributed by atoms with Gasteiger partial charge in [-0.15, -0.1) is 0 Å². The number of morpholine rings is 1. The Labute approximate surface area is 96.3 Å². The van der Waals surface area contributed by atoms with Crippen LogP contribution in [0.2, 0.25) is 0 Å². The van der Waals surface area contributed by atoms with Crippen LogP contribution >= 0.6 is 0 Å². The highest BCUT2D eigenvalue weighted by atomic mass is 16.6. The molecule has 0 bridgehead atoms. The van der Waals surface area contributed by atoms with Crippen molar-refractivity contribution in [1.82, 2.24) is 4.90 Å². The summed E-state index contributed by atoms with van der Waals surface area (Å²) in [4.78, 5) is 13.3. The lowest BCUT2D eigenvalue weighted by atomic mass is 9.99. The van der Waals surface area contributed by atoms with Gasteiger partial charge in [-0.1, -0.05) is 0 Å². The first kappa shape index (κ1) is 13.3. The molecule has 1 aliphatic rings. The molecule has 5 heteroatoms. The van der Waals surface area contributed by atoms with Crippen molar-refractivity contribution < 1.29 is 19.4 Å². The van der Waals surface area contributed by atoms with Gasteiger partial charge in [0, 0.05) is 0 Å². The van der Waals surface area contributed by atoms with E-state index in [1.807, 2.05) is 27.7 Å². The molecular weight excluding hydrogens is 210 g/mol. The van der Waals surface area contributed by atoms with Crippen molar-refractivity contribution in [3.05, 3.63) is 0 Å². The summed E-state index contributed by atoms with van der Waals surface area (Å²) in [6, 6.07) is 0. The SMILES string of the molecule is CC1(C)CN(C(=O)OCCO)CC(C)(C)O1. The topological polar surface area (TPSA) is 59.0 Å². The monoisotopic (exact) mass is 231 g/mol. The Morgan fingerprint density at radius 2 is 1.81 bits per heavy atom. The lowest BCUT2D eigenvalue weighted by Crippen LogP contribution is -2.58. The Kier molecular flexibility index (Phi) is 3.80. The molecule has 1 rings (SSSR count). The van der Waals surface area contributed by atoms with E-state index in [4.69, 9.17) is 14.6 Å². The zero-order valence-electron chi connectivity index (χ0n) is 10.4. The Morgan fingerprint density at radius 3 is 2.25 bits per heavy atom. The van der Waals surface area contributed by atoms with Crippen molar-refractivity contribution in [3.63, 3.8) is 0 Å². The van der Waals surface area contributed by atoms with Gasteiger partial charge in [-0.2, -0.15) is 0 Å². The summed E-state index contributed by atoms with van der Waals surface area (Å²) in [5.41, 5.74) is -0.750. The van der Waals surface area contributed by atoms with Crippen LogP contribution in [0.5, 0.6) is 0 Å². The first-order valence-electron chi connectivity index (χ1n) is 5.48. The van der Waals surface area contributed by atoms with E-state index in [9.17, 15) is 4.79 Å². The van der Waals surface area contributed by atoms with Gasteiger partial charge in [0.1, 0.15) is 6.61 Å². The number of carbonyl (C=O) groups is 1. The summed E-state index contributed by atoms with van der Waals surface area (Å²) in [6.45, 7) is 8.67. The first-order chi connectivity index (χ1) is 7.26. The second-order valence-corrected chi connectivity index (χ2v) is 5.32. The van der Waals surface area contributed by atoms with Crippen LogP contribution in [0.4, 0.5) is 4.79 Å². The molecule has 1 fully saturated rings. The van der Waals surface area contributed by atoms with Crippen LogP contribution in [-0.2, 0) is 9.47 Å². The number of carbonyl (C=O) groups excluding carboxylic acids is 1. The highest BCUT2D eigenvalue weighted by Crippen LogP contribution is 2.28. The number of amides is 1. The van der Waals surface area contributed by atoms with Crippen LogP contribution in [-0.4, -0.2) is 53.6 Å². The number of aliphatic hydroxyl groups excluding tert-OH is 1. The number of nitrogens with zero attached hydrogens (tertiary/aromatic N) is 1. The maximum atomic E-state index is 11.7. The van der Waals surface area contributed by atoms with E-state index < -0.39 is 6.09 Å². The highest BCUT2D eigenvalue weighted by molar-refractivity contribution is 5.68. The first-order valence-corrected chi connectivity index (χ1v) is 5.48. The van der Waals surface area contributed by atoms with Crippen molar-refractivity contribution in [1.29, 1.82) is 0 Å². The van der Waals surface area contributed by atoms with Crippen LogP contribution in [0.3, 0.4) is 0 Å². The van der Waals surface area contributed by atoms with Gasteiger partial charge < -0.3 is 19.5 Å². The van der Waals surface area contributed by atoms with E-state index >= 15 is 0 Å². The summed E-state index contributed by atoms with van der Waals surface area (Å²) in [6.07, 6.45) is -0.390. The Morgan fingerprint density at radius 1 is 1.31 bits per heavy atom. The van der Waals surface area contributed by atoms with Gasteiger partial charge in [-0.3, -0.25) is 0 Å². The Hall–Kier alpha value is -0.810. The summed E-state index contributed by atoms with van der Waals surface area (Å²) >= 11 is 0. The van der Waals surface area contributed by atoms with E-state index in [0.29, 0.717) is 13.1 Å². The molecule has 1 N–H and O–H groups in total. The third-order valence-corrected chi connectivity index (χ3v) is 2.27. The minimum Gasteiger partial charge on any atom is -0.447 e. The van der Waals surface area contributed by atoms with Crippen LogP contribution in [0.1, 0.15) is 27.7 Å². The molecule has 0 aromatic rings. The van der Waals surface area contributed by atoms with E-state index in [1.54, 1.807) is 4.90 Å². The maximum absolute atomic E-state index is 11.7. The molecule has 5 nitrogen and oxygen atoms in total. The Balaban J connectivity index is 2.63. The van der Waals surface area contributed by atoms with Crippen LogP contribution in [0, 0.1) is 0 Å². The maximum Gasteiger partial charge on any atom is 0.410 e. The van der Waals surface area contributed by atoms with E-state index in [2.05, 4.69) is 0 Å². The number of hydrogen-bond donors (Lipinski definition) is 1. The van der Waals surface area contributed by atoms with Crippen molar-refractivity contribution in [3.8, 4) is 0 Å². The van der Waals surface area contributed by atoms with E-state index in [-0.39, 0.29) is 24.4 Å². The minimum atomic E-state index is -0.390. The van der Waals surface area contributed by atoms with Crippen LogP contribution in [0.25, 0.3) is 0 Å². The largest absolute Gasteiger partial charge is 0.447 e. The zero-order chi connectivity index (χ0) is 12.4. The molecule has 0 aromatic carbocycles. The van der Waals surface area contributed by atoms with E-state index in [0.717, 1.165) is 0 Å². The van der Waals surface area contributed by atoms with Crippen molar-refractivity contribution >= 4 is 6.09 Å². The number of hydrogen-bond acceptors (Lipinski definition) is 4. The van der Waals surface area contributed by atoms with Gasteiger partial charge in [-0.25, -0.2) is 4.79 Å². The summed E-state index contributed by atoms with van der Waals surface area (Å²) in [5, 5.41) is 8.60. The highest BCUT2D eigenvalue weighted by Gasteiger charge is 2.40. The van der Waals surface area contributed by atoms with E-state index in [1.165, 1.54) is 0 Å². The fourth-order valence-electron chi connectivity index (χ4n) is 2.14. The fourth-order valence-corrected chi connectivity index (χ4v) is 2.14. The van der Waals surface area contributed by atoms with Gasteiger partial charge in [0.25, 0.3) is 0 Å². The number of aliphatic hydroxyl groups is 1. The predicted octanol–water partition coefficient (Wildman–Crippen LogP) is 1.00. The minimum absolute atomic E-state index is 0.0387. The molecule has 0 saturated carbocycles. The van der Waals surface area contributed by atoms with Crippen LogP contribution in [0.15, 0.2) is 0 Å². The van der Waals surface area contributed by atoms with Gasteiger partial charge in [0.2, 0.25) is 0 Å².